The van der Waals surface area contributed by atoms with E-state index in [0.29, 0.717) is 25.9 Å². The van der Waals surface area contributed by atoms with Crippen LogP contribution in [0.4, 0.5) is 4.39 Å². The Balaban J connectivity index is 1.83. The van der Waals surface area contributed by atoms with Gasteiger partial charge in [-0.2, -0.15) is 9.50 Å². The zero-order chi connectivity index (χ0) is 16.7. The van der Waals surface area contributed by atoms with Crippen LogP contribution in [0.3, 0.4) is 0 Å². The largest absolute Gasteiger partial charge is 0.291 e. The minimum atomic E-state index is -0.332. The van der Waals surface area contributed by atoms with Crippen LogP contribution in [-0.2, 0) is 0 Å². The van der Waals surface area contributed by atoms with E-state index < -0.39 is 0 Å². The van der Waals surface area contributed by atoms with Crippen molar-refractivity contribution in [2.24, 2.45) is 0 Å². The van der Waals surface area contributed by atoms with Gasteiger partial charge in [-0.15, -0.1) is 5.10 Å². The molecule has 0 fully saturated rings. The summed E-state index contributed by atoms with van der Waals surface area (Å²) in [7, 11) is 0. The second kappa shape index (κ2) is 5.81. The number of hydrogen-bond acceptors (Lipinski definition) is 4. The second-order valence-corrected chi connectivity index (χ2v) is 6.49. The molecule has 0 aliphatic carbocycles. The summed E-state index contributed by atoms with van der Waals surface area (Å²) in [5.74, 6) is 0.0588. The smallest absolute Gasteiger partial charge is 0.266 e. The lowest BCUT2D eigenvalue weighted by atomic mass is 10.2. The van der Waals surface area contributed by atoms with E-state index >= 15 is 0 Å². The first kappa shape index (κ1) is 15.0. The summed E-state index contributed by atoms with van der Waals surface area (Å²) in [5, 5.41) is 4.80. The number of fused-ring (bicyclic) bond motifs is 1. The highest BCUT2D eigenvalue weighted by Gasteiger charge is 2.12. The van der Waals surface area contributed by atoms with Gasteiger partial charge < -0.3 is 0 Å². The van der Waals surface area contributed by atoms with Gasteiger partial charge in [0, 0.05) is 10.6 Å². The Morgan fingerprint density at radius 3 is 2.58 bits per heavy atom. The number of nitrogens with zero attached hydrogens (tertiary/aromatic N) is 3. The Hall–Kier alpha value is -2.57. The van der Waals surface area contributed by atoms with Crippen LogP contribution in [0.5, 0.6) is 0 Å². The first-order valence-electron chi connectivity index (χ1n) is 7.03. The third kappa shape index (κ3) is 2.60. The number of halogens is 2. The lowest BCUT2D eigenvalue weighted by molar-refractivity contribution is 0.628. The lowest BCUT2D eigenvalue weighted by Gasteiger charge is -1.94. The van der Waals surface area contributed by atoms with E-state index in [1.54, 1.807) is 24.3 Å². The van der Waals surface area contributed by atoms with Crippen molar-refractivity contribution >= 4 is 34.0 Å². The average molecular weight is 358 g/mol. The number of hydrogen-bond donors (Lipinski definition) is 0. The Kier molecular flexibility index (Phi) is 3.63. The normalized spacial score (nSPS) is 12.2. The van der Waals surface area contributed by atoms with Crippen LogP contribution in [0, 0.1) is 5.82 Å². The van der Waals surface area contributed by atoms with Gasteiger partial charge in [0.2, 0.25) is 4.96 Å². The number of aromatic nitrogens is 3. The summed E-state index contributed by atoms with van der Waals surface area (Å²) in [6.45, 7) is 0. The van der Waals surface area contributed by atoms with Gasteiger partial charge in [0.05, 0.1) is 4.53 Å². The standard InChI is InChI=1S/C17H9ClFN3OS/c18-13-4-2-1-3-11(13)9-14-16(23)22-17(24-14)20-15(21-22)10-5-7-12(19)8-6-10/h1-9H/b14-9+. The van der Waals surface area contributed by atoms with E-state index in [-0.39, 0.29) is 11.4 Å². The van der Waals surface area contributed by atoms with Crippen LogP contribution >= 0.6 is 22.9 Å². The van der Waals surface area contributed by atoms with E-state index in [0.717, 1.165) is 5.56 Å². The molecule has 0 unspecified atom stereocenters. The molecule has 2 aromatic heterocycles. The second-order valence-electron chi connectivity index (χ2n) is 5.07. The number of rotatable bonds is 2. The molecule has 0 saturated heterocycles. The predicted octanol–water partition coefficient (Wildman–Crippen LogP) is 3.16. The van der Waals surface area contributed by atoms with Gasteiger partial charge in [0.1, 0.15) is 5.82 Å². The van der Waals surface area contributed by atoms with Gasteiger partial charge in [-0.1, -0.05) is 41.1 Å². The molecule has 0 amide bonds. The first-order valence-corrected chi connectivity index (χ1v) is 8.23. The first-order chi connectivity index (χ1) is 11.6. The van der Waals surface area contributed by atoms with E-state index in [2.05, 4.69) is 10.1 Å². The Labute approximate surface area is 144 Å². The Bertz CT molecular complexity index is 1150. The molecule has 4 rings (SSSR count). The Morgan fingerprint density at radius 1 is 1.12 bits per heavy atom. The summed E-state index contributed by atoms with van der Waals surface area (Å²) in [6.07, 6.45) is 1.73. The van der Waals surface area contributed by atoms with Gasteiger partial charge in [-0.3, -0.25) is 4.79 Å². The van der Waals surface area contributed by atoms with Gasteiger partial charge in [0.25, 0.3) is 5.56 Å². The minimum absolute atomic E-state index is 0.254. The molecular weight excluding hydrogens is 349 g/mol. The maximum atomic E-state index is 13.0. The van der Waals surface area contributed by atoms with Crippen molar-refractivity contribution in [2.45, 2.75) is 0 Å². The molecule has 7 heteroatoms. The molecule has 0 spiro atoms. The van der Waals surface area contributed by atoms with Crippen LogP contribution in [0.25, 0.3) is 22.4 Å². The van der Waals surface area contributed by atoms with Crippen LogP contribution in [0.1, 0.15) is 5.56 Å². The fourth-order valence-corrected chi connectivity index (χ4v) is 3.38. The van der Waals surface area contributed by atoms with Crippen molar-refractivity contribution in [1.82, 2.24) is 14.6 Å². The van der Waals surface area contributed by atoms with Crippen molar-refractivity contribution in [2.75, 3.05) is 0 Å². The minimum Gasteiger partial charge on any atom is -0.266 e. The number of benzene rings is 2. The summed E-state index contributed by atoms with van der Waals surface area (Å²) < 4.78 is 14.8. The van der Waals surface area contributed by atoms with E-state index in [1.165, 1.54) is 28.0 Å². The zero-order valence-corrected chi connectivity index (χ0v) is 13.7. The van der Waals surface area contributed by atoms with Gasteiger partial charge >= 0.3 is 0 Å². The summed E-state index contributed by atoms with van der Waals surface area (Å²) in [5.41, 5.74) is 1.17. The van der Waals surface area contributed by atoms with Gasteiger partial charge in [-0.25, -0.2) is 4.39 Å². The van der Waals surface area contributed by atoms with Crippen molar-refractivity contribution in [3.8, 4) is 11.4 Å². The molecule has 2 heterocycles. The molecular formula is C17H9ClFN3OS. The van der Waals surface area contributed by atoms with Crippen molar-refractivity contribution in [1.29, 1.82) is 0 Å². The third-order valence-corrected chi connectivity index (χ3v) is 4.78. The molecule has 4 aromatic rings. The fourth-order valence-electron chi connectivity index (χ4n) is 2.29. The van der Waals surface area contributed by atoms with Crippen LogP contribution in [0.2, 0.25) is 5.02 Å². The number of thiazole rings is 1. The highest BCUT2D eigenvalue weighted by molar-refractivity contribution is 7.15. The molecule has 0 radical (unpaired) electrons. The molecule has 0 bridgehead atoms. The summed E-state index contributed by atoms with van der Waals surface area (Å²) in [6, 6.07) is 13.1. The van der Waals surface area contributed by atoms with Gasteiger partial charge in [0.15, 0.2) is 5.82 Å². The maximum absolute atomic E-state index is 13.0. The molecule has 0 atom stereocenters. The van der Waals surface area contributed by atoms with Crippen molar-refractivity contribution in [3.05, 3.63) is 79.8 Å². The van der Waals surface area contributed by atoms with Crippen molar-refractivity contribution < 1.29 is 4.39 Å². The van der Waals surface area contributed by atoms with Crippen LogP contribution in [0.15, 0.2) is 53.3 Å². The quantitative estimate of drug-likeness (QED) is 0.553. The molecule has 0 aliphatic rings. The lowest BCUT2D eigenvalue weighted by Crippen LogP contribution is -2.23. The Morgan fingerprint density at radius 2 is 1.88 bits per heavy atom. The van der Waals surface area contributed by atoms with E-state index in [9.17, 15) is 9.18 Å². The van der Waals surface area contributed by atoms with Gasteiger partial charge in [-0.05, 0) is 42.0 Å². The molecule has 0 saturated carbocycles. The van der Waals surface area contributed by atoms with E-state index in [1.807, 2.05) is 18.2 Å². The topological polar surface area (TPSA) is 47.3 Å². The molecule has 118 valence electrons. The zero-order valence-electron chi connectivity index (χ0n) is 12.1. The highest BCUT2D eigenvalue weighted by Crippen LogP contribution is 2.18. The monoisotopic (exact) mass is 357 g/mol. The van der Waals surface area contributed by atoms with Crippen LogP contribution in [-0.4, -0.2) is 14.6 Å². The highest BCUT2D eigenvalue weighted by atomic mass is 35.5. The third-order valence-electron chi connectivity index (χ3n) is 3.48. The molecule has 24 heavy (non-hydrogen) atoms. The summed E-state index contributed by atoms with van der Waals surface area (Å²) in [4.78, 5) is 17.3. The average Bonchev–Trinajstić information content (AvgIpc) is 3.11. The fraction of sp³-hybridized carbons (Fsp3) is 0. The summed E-state index contributed by atoms with van der Waals surface area (Å²) >= 11 is 7.35. The van der Waals surface area contributed by atoms with Crippen LogP contribution < -0.4 is 10.1 Å². The maximum Gasteiger partial charge on any atom is 0.291 e. The molecule has 2 aromatic carbocycles. The SMILES string of the molecule is O=c1/c(=C\c2ccccc2Cl)sc2nc(-c3ccc(F)cc3)nn12. The predicted molar refractivity (Wildman–Crippen MR) is 92.8 cm³/mol. The molecule has 0 N–H and O–H groups in total. The molecule has 0 aliphatic heterocycles. The van der Waals surface area contributed by atoms with Crippen molar-refractivity contribution in [3.63, 3.8) is 0 Å². The molecule has 4 nitrogen and oxygen atoms in total. The van der Waals surface area contributed by atoms with E-state index in [4.69, 9.17) is 11.6 Å².